The van der Waals surface area contributed by atoms with Gasteiger partial charge in [-0.25, -0.2) is 0 Å². The Morgan fingerprint density at radius 2 is 2.00 bits per heavy atom. The lowest BCUT2D eigenvalue weighted by Crippen LogP contribution is -2.24. The topological polar surface area (TPSA) is 63.2 Å². The van der Waals surface area contributed by atoms with Crippen LogP contribution in [-0.4, -0.2) is 0 Å². The Bertz CT molecular complexity index is 306. The lowest BCUT2D eigenvalue weighted by atomic mass is 10.4. The van der Waals surface area contributed by atoms with E-state index < -0.39 is 7.60 Å². The molecular weight excluding hydrogens is 186 g/mol. The van der Waals surface area contributed by atoms with Crippen molar-refractivity contribution in [2.75, 3.05) is 0 Å². The summed E-state index contributed by atoms with van der Waals surface area (Å²) >= 11 is 5.45. The minimum Gasteiger partial charge on any atom is -0.807 e. The molecule has 0 radical (unpaired) electrons. The molecule has 0 atom stereocenters. The third-order valence-corrected chi connectivity index (χ3v) is 2.27. The quantitative estimate of drug-likeness (QED) is 0.580. The van der Waals surface area contributed by atoms with Crippen molar-refractivity contribution in [3.05, 3.63) is 29.3 Å². The smallest absolute Gasteiger partial charge is 0.0412 e. The average Bonchev–Trinajstić information content (AvgIpc) is 1.86. The highest BCUT2D eigenvalue weighted by molar-refractivity contribution is 7.57. The Hall–Kier alpha value is -0.340. The summed E-state index contributed by atoms with van der Waals surface area (Å²) in [6.45, 7) is 0. The number of halogens is 1. The van der Waals surface area contributed by atoms with Crippen LogP contribution in [-0.2, 0) is 4.57 Å². The molecule has 0 bridgehead atoms. The van der Waals surface area contributed by atoms with Crippen LogP contribution < -0.4 is 15.1 Å². The summed E-state index contributed by atoms with van der Waals surface area (Å²) in [6.07, 6.45) is 0. The zero-order valence-corrected chi connectivity index (χ0v) is 7.01. The van der Waals surface area contributed by atoms with Crippen molar-refractivity contribution in [1.82, 2.24) is 0 Å². The minimum absolute atomic E-state index is 0.245. The van der Waals surface area contributed by atoms with Crippen LogP contribution in [0.5, 0.6) is 0 Å². The van der Waals surface area contributed by atoms with Gasteiger partial charge in [0.25, 0.3) is 0 Å². The normalized spacial score (nSPS) is 11.5. The molecule has 1 aromatic rings. The van der Waals surface area contributed by atoms with Gasteiger partial charge < -0.3 is 14.4 Å². The zero-order chi connectivity index (χ0) is 8.48. The van der Waals surface area contributed by atoms with E-state index >= 15 is 0 Å². The summed E-state index contributed by atoms with van der Waals surface area (Å²) in [5, 5.41) is -0.0283. The number of hydrogen-bond acceptors (Lipinski definition) is 3. The van der Waals surface area contributed by atoms with Gasteiger partial charge in [0, 0.05) is 5.02 Å². The molecule has 5 heteroatoms. The van der Waals surface area contributed by atoms with Crippen molar-refractivity contribution >= 4 is 24.5 Å². The van der Waals surface area contributed by atoms with Gasteiger partial charge in [-0.15, -0.1) is 0 Å². The fourth-order valence-corrected chi connectivity index (χ4v) is 1.48. The van der Waals surface area contributed by atoms with E-state index in [1.54, 1.807) is 0 Å². The Labute approximate surface area is 68.8 Å². The lowest BCUT2D eigenvalue weighted by Gasteiger charge is -2.29. The number of rotatable bonds is 1. The van der Waals surface area contributed by atoms with Crippen LogP contribution >= 0.6 is 19.2 Å². The molecule has 0 spiro atoms. The second-order valence-corrected chi connectivity index (χ2v) is 3.93. The molecule has 0 unspecified atom stereocenters. The monoisotopic (exact) mass is 190 g/mol. The molecule has 0 aromatic heterocycles. The predicted molar refractivity (Wildman–Crippen MR) is 38.7 cm³/mol. The fraction of sp³-hybridized carbons (Fsp3) is 0. The first-order chi connectivity index (χ1) is 5.00. The molecule has 0 N–H and O–H groups in total. The fourth-order valence-electron chi connectivity index (χ4n) is 0.646. The number of hydrogen-bond donors (Lipinski definition) is 0. The highest BCUT2D eigenvalue weighted by Crippen LogP contribution is 2.23. The highest BCUT2D eigenvalue weighted by atomic mass is 35.5. The van der Waals surface area contributed by atoms with Crippen molar-refractivity contribution < 1.29 is 14.4 Å². The Kier molecular flexibility index (Phi) is 2.35. The summed E-state index contributed by atoms with van der Waals surface area (Å²) in [5.41, 5.74) is 0. The Morgan fingerprint density at radius 3 is 2.36 bits per heavy atom. The van der Waals surface area contributed by atoms with Crippen LogP contribution in [0, 0.1) is 0 Å². The molecular formula is C6H4ClO3P-2. The molecule has 1 aromatic carbocycles. The lowest BCUT2D eigenvalue weighted by molar-refractivity contribution is -0.307. The van der Waals surface area contributed by atoms with E-state index in [1.807, 2.05) is 0 Å². The van der Waals surface area contributed by atoms with Crippen LogP contribution in [0.25, 0.3) is 0 Å². The molecule has 3 nitrogen and oxygen atoms in total. The molecule has 1 rings (SSSR count). The Morgan fingerprint density at radius 1 is 1.36 bits per heavy atom. The number of benzene rings is 1. The third-order valence-electron chi connectivity index (χ3n) is 1.12. The maximum absolute atomic E-state index is 10.4. The van der Waals surface area contributed by atoms with Crippen LogP contribution in [0.3, 0.4) is 0 Å². The predicted octanol–water partition coefficient (Wildman–Crippen LogP) is -0.121. The van der Waals surface area contributed by atoms with E-state index in [2.05, 4.69) is 0 Å². The van der Waals surface area contributed by atoms with Crippen LogP contribution in [0.15, 0.2) is 24.3 Å². The maximum atomic E-state index is 10.4. The minimum atomic E-state index is -4.63. The van der Waals surface area contributed by atoms with E-state index in [1.165, 1.54) is 18.2 Å². The molecule has 0 aliphatic carbocycles. The van der Waals surface area contributed by atoms with Crippen molar-refractivity contribution in [3.8, 4) is 0 Å². The molecule has 11 heavy (non-hydrogen) atoms. The summed E-state index contributed by atoms with van der Waals surface area (Å²) < 4.78 is 10.4. The van der Waals surface area contributed by atoms with Gasteiger partial charge in [0.1, 0.15) is 0 Å². The molecule has 0 heterocycles. The summed E-state index contributed by atoms with van der Waals surface area (Å²) in [7, 11) is -4.63. The van der Waals surface area contributed by atoms with Gasteiger partial charge in [0.15, 0.2) is 0 Å². The molecule has 0 fully saturated rings. The largest absolute Gasteiger partial charge is 0.807 e. The standard InChI is InChI=1S/C6H6ClO3P/c7-5-2-1-3-6(4-5)11(8,9)10/h1-4H,(H2,8,9,10)/p-2. The first kappa shape index (κ1) is 8.75. The second-order valence-electron chi connectivity index (χ2n) is 1.98. The summed E-state index contributed by atoms with van der Waals surface area (Å²) in [4.78, 5) is 20.8. The molecule has 0 aliphatic rings. The molecule has 0 saturated heterocycles. The summed E-state index contributed by atoms with van der Waals surface area (Å²) in [5.74, 6) is 0. The first-order valence-corrected chi connectivity index (χ1v) is 4.70. The zero-order valence-electron chi connectivity index (χ0n) is 5.36. The van der Waals surface area contributed by atoms with Gasteiger partial charge in [0.2, 0.25) is 0 Å². The van der Waals surface area contributed by atoms with Crippen molar-refractivity contribution in [1.29, 1.82) is 0 Å². The third kappa shape index (κ3) is 2.31. The van der Waals surface area contributed by atoms with Gasteiger partial charge in [0.05, 0.1) is 0 Å². The second kappa shape index (κ2) is 2.95. The van der Waals surface area contributed by atoms with Crippen LogP contribution in [0.2, 0.25) is 5.02 Å². The SMILES string of the molecule is O=P([O-])([O-])c1cccc(Cl)c1. The van der Waals surface area contributed by atoms with Crippen LogP contribution in [0.4, 0.5) is 0 Å². The Balaban J connectivity index is 3.17. The molecule has 0 amide bonds. The van der Waals surface area contributed by atoms with Crippen LogP contribution in [0.1, 0.15) is 0 Å². The van der Waals surface area contributed by atoms with Gasteiger partial charge in [-0.05, 0) is 25.0 Å². The van der Waals surface area contributed by atoms with E-state index in [9.17, 15) is 14.4 Å². The van der Waals surface area contributed by atoms with E-state index in [4.69, 9.17) is 11.6 Å². The van der Waals surface area contributed by atoms with E-state index in [0.717, 1.165) is 6.07 Å². The van der Waals surface area contributed by atoms with Crippen molar-refractivity contribution in [3.63, 3.8) is 0 Å². The molecule has 0 aliphatic heterocycles. The molecule has 60 valence electrons. The van der Waals surface area contributed by atoms with Crippen molar-refractivity contribution in [2.45, 2.75) is 0 Å². The maximum Gasteiger partial charge on any atom is 0.0412 e. The highest BCUT2D eigenvalue weighted by Gasteiger charge is 1.96. The molecule has 0 saturated carbocycles. The van der Waals surface area contributed by atoms with Gasteiger partial charge in [-0.1, -0.05) is 23.7 Å². The van der Waals surface area contributed by atoms with E-state index in [-0.39, 0.29) is 10.3 Å². The average molecular weight is 191 g/mol. The van der Waals surface area contributed by atoms with Crippen molar-refractivity contribution in [2.24, 2.45) is 0 Å². The summed E-state index contributed by atoms with van der Waals surface area (Å²) in [6, 6.07) is 5.26. The van der Waals surface area contributed by atoms with Gasteiger partial charge >= 0.3 is 0 Å². The van der Waals surface area contributed by atoms with Gasteiger partial charge in [-0.3, -0.25) is 0 Å². The van der Waals surface area contributed by atoms with E-state index in [0.29, 0.717) is 0 Å². The van der Waals surface area contributed by atoms with Gasteiger partial charge in [-0.2, -0.15) is 0 Å². The first-order valence-electron chi connectivity index (χ1n) is 2.78.